The molecule has 0 aliphatic rings. The molecule has 0 heterocycles. The molecule has 4 heteroatoms. The third kappa shape index (κ3) is 3.17. The fraction of sp³-hybridized carbons (Fsp3) is 0.308. The first kappa shape index (κ1) is 13.9. The molecule has 0 spiro atoms. The third-order valence-corrected chi connectivity index (χ3v) is 3.14. The van der Waals surface area contributed by atoms with Crippen molar-refractivity contribution < 1.29 is 9.53 Å². The molecule has 0 bridgehead atoms. The maximum atomic E-state index is 11.9. The molecule has 0 aromatic heterocycles. The summed E-state index contributed by atoms with van der Waals surface area (Å²) < 4.78 is 5.82. The van der Waals surface area contributed by atoms with E-state index in [1.54, 1.807) is 13.0 Å². The van der Waals surface area contributed by atoms with Crippen LogP contribution in [0, 0.1) is 0 Å². The van der Waals surface area contributed by atoms with Gasteiger partial charge >= 0.3 is 5.97 Å². The molecule has 1 unspecified atom stereocenters. The van der Waals surface area contributed by atoms with E-state index in [0.717, 1.165) is 10.0 Å². The maximum Gasteiger partial charge on any atom is 0.330 e. The molecule has 0 amide bonds. The summed E-state index contributed by atoms with van der Waals surface area (Å²) >= 11 is 3.37. The number of esters is 1. The van der Waals surface area contributed by atoms with Crippen LogP contribution < -0.4 is 5.32 Å². The molecule has 1 aromatic rings. The van der Waals surface area contributed by atoms with E-state index in [0.29, 0.717) is 6.54 Å². The van der Waals surface area contributed by atoms with Crippen molar-refractivity contribution >= 4 is 21.9 Å². The lowest BCUT2D eigenvalue weighted by atomic mass is 9.92. The Balaban J connectivity index is 3.08. The van der Waals surface area contributed by atoms with E-state index >= 15 is 0 Å². The van der Waals surface area contributed by atoms with Gasteiger partial charge in [-0.1, -0.05) is 34.1 Å². The summed E-state index contributed by atoms with van der Waals surface area (Å²) in [5.41, 5.74) is -0.00157. The SMILES string of the molecule is C=CCNC(C)(C(=O)OC)c1ccc(Br)cc1. The van der Waals surface area contributed by atoms with Crippen LogP contribution in [0.5, 0.6) is 0 Å². The van der Waals surface area contributed by atoms with E-state index in [-0.39, 0.29) is 5.97 Å². The Kier molecular flexibility index (Phi) is 4.90. The molecule has 0 radical (unpaired) electrons. The monoisotopic (exact) mass is 297 g/mol. The lowest BCUT2D eigenvalue weighted by Crippen LogP contribution is -2.47. The van der Waals surface area contributed by atoms with Crippen molar-refractivity contribution in [2.45, 2.75) is 12.5 Å². The van der Waals surface area contributed by atoms with Gasteiger partial charge in [0.1, 0.15) is 5.54 Å². The van der Waals surface area contributed by atoms with E-state index in [1.165, 1.54) is 7.11 Å². The van der Waals surface area contributed by atoms with Gasteiger partial charge in [0.2, 0.25) is 0 Å². The minimum Gasteiger partial charge on any atom is -0.467 e. The number of hydrogen-bond acceptors (Lipinski definition) is 3. The van der Waals surface area contributed by atoms with E-state index in [9.17, 15) is 4.79 Å². The van der Waals surface area contributed by atoms with Gasteiger partial charge in [0.25, 0.3) is 0 Å². The predicted molar refractivity (Wildman–Crippen MR) is 71.7 cm³/mol. The van der Waals surface area contributed by atoms with Crippen LogP contribution >= 0.6 is 15.9 Å². The smallest absolute Gasteiger partial charge is 0.330 e. The summed E-state index contributed by atoms with van der Waals surface area (Å²) in [6, 6.07) is 7.56. The largest absolute Gasteiger partial charge is 0.467 e. The van der Waals surface area contributed by atoms with Crippen molar-refractivity contribution in [1.29, 1.82) is 0 Å². The number of halogens is 1. The Morgan fingerprint density at radius 3 is 2.59 bits per heavy atom. The van der Waals surface area contributed by atoms with Crippen molar-refractivity contribution in [3.63, 3.8) is 0 Å². The van der Waals surface area contributed by atoms with Gasteiger partial charge in [-0.2, -0.15) is 0 Å². The quantitative estimate of drug-likeness (QED) is 0.671. The number of hydrogen-bond donors (Lipinski definition) is 1. The average molecular weight is 298 g/mol. The highest BCUT2D eigenvalue weighted by Crippen LogP contribution is 2.24. The number of carbonyl (C=O) groups excluding carboxylic acids is 1. The van der Waals surface area contributed by atoms with E-state index in [2.05, 4.69) is 27.8 Å². The Morgan fingerprint density at radius 2 is 2.12 bits per heavy atom. The zero-order valence-electron chi connectivity index (χ0n) is 10.00. The normalized spacial score (nSPS) is 13.8. The van der Waals surface area contributed by atoms with Crippen LogP contribution in [-0.4, -0.2) is 19.6 Å². The lowest BCUT2D eigenvalue weighted by molar-refractivity contribution is -0.148. The van der Waals surface area contributed by atoms with Gasteiger partial charge in [-0.3, -0.25) is 5.32 Å². The molecule has 92 valence electrons. The summed E-state index contributed by atoms with van der Waals surface area (Å²) in [5, 5.41) is 3.12. The van der Waals surface area contributed by atoms with Crippen LogP contribution in [0.1, 0.15) is 12.5 Å². The van der Waals surface area contributed by atoms with Crippen molar-refractivity contribution in [3.8, 4) is 0 Å². The Bertz CT molecular complexity index is 402. The van der Waals surface area contributed by atoms with Gasteiger partial charge in [0, 0.05) is 11.0 Å². The first-order valence-electron chi connectivity index (χ1n) is 5.25. The highest BCUT2D eigenvalue weighted by Gasteiger charge is 2.35. The van der Waals surface area contributed by atoms with Crippen molar-refractivity contribution in [3.05, 3.63) is 47.0 Å². The third-order valence-electron chi connectivity index (χ3n) is 2.62. The highest BCUT2D eigenvalue weighted by molar-refractivity contribution is 9.10. The minimum absolute atomic E-state index is 0.318. The fourth-order valence-electron chi connectivity index (χ4n) is 1.56. The number of carbonyl (C=O) groups is 1. The van der Waals surface area contributed by atoms with Crippen LogP contribution in [0.3, 0.4) is 0 Å². The number of ether oxygens (including phenoxy) is 1. The second kappa shape index (κ2) is 5.98. The molecule has 0 aliphatic heterocycles. The van der Waals surface area contributed by atoms with Crippen LogP contribution in [0.15, 0.2) is 41.4 Å². The molecule has 3 nitrogen and oxygen atoms in total. The number of nitrogens with one attached hydrogen (secondary N) is 1. The molecule has 0 saturated heterocycles. The van der Waals surface area contributed by atoms with Gasteiger partial charge in [-0.05, 0) is 24.6 Å². The summed E-state index contributed by atoms with van der Waals surface area (Å²) in [6.07, 6.45) is 1.71. The number of benzene rings is 1. The molecule has 0 saturated carbocycles. The Labute approximate surface area is 110 Å². The standard InChI is InChI=1S/C13H16BrNO2/c1-4-9-15-13(2,12(16)17-3)10-5-7-11(14)8-6-10/h4-8,15H,1,9H2,2-3H3. The van der Waals surface area contributed by atoms with Gasteiger partial charge in [0.05, 0.1) is 7.11 Å². The summed E-state index contributed by atoms with van der Waals surface area (Å²) in [5.74, 6) is -0.318. The molecule has 17 heavy (non-hydrogen) atoms. The van der Waals surface area contributed by atoms with Crippen LogP contribution in [-0.2, 0) is 15.1 Å². The van der Waals surface area contributed by atoms with E-state index in [4.69, 9.17) is 4.74 Å². The maximum absolute atomic E-state index is 11.9. The van der Waals surface area contributed by atoms with Gasteiger partial charge < -0.3 is 4.74 Å². The van der Waals surface area contributed by atoms with E-state index in [1.807, 2.05) is 24.3 Å². The molecule has 1 atom stereocenters. The second-order valence-corrected chi connectivity index (χ2v) is 4.71. The van der Waals surface area contributed by atoms with Crippen molar-refractivity contribution in [1.82, 2.24) is 5.32 Å². The first-order chi connectivity index (χ1) is 8.04. The first-order valence-corrected chi connectivity index (χ1v) is 6.04. The molecule has 1 N–H and O–H groups in total. The zero-order valence-corrected chi connectivity index (χ0v) is 11.6. The zero-order chi connectivity index (χ0) is 12.9. The topological polar surface area (TPSA) is 38.3 Å². The van der Waals surface area contributed by atoms with Gasteiger partial charge in [0.15, 0.2) is 0 Å². The molecular formula is C13H16BrNO2. The summed E-state index contributed by atoms with van der Waals surface area (Å²) in [4.78, 5) is 11.9. The molecular weight excluding hydrogens is 282 g/mol. The summed E-state index contributed by atoms with van der Waals surface area (Å²) in [7, 11) is 1.38. The van der Waals surface area contributed by atoms with Crippen LogP contribution in [0.2, 0.25) is 0 Å². The minimum atomic E-state index is -0.858. The van der Waals surface area contributed by atoms with Crippen LogP contribution in [0.4, 0.5) is 0 Å². The molecule has 0 fully saturated rings. The van der Waals surface area contributed by atoms with Gasteiger partial charge in [-0.25, -0.2) is 4.79 Å². The average Bonchev–Trinajstić information content (AvgIpc) is 2.35. The number of methoxy groups -OCH3 is 1. The predicted octanol–water partition coefficient (Wildman–Crippen LogP) is 2.61. The molecule has 1 aromatic carbocycles. The Morgan fingerprint density at radius 1 is 1.53 bits per heavy atom. The van der Waals surface area contributed by atoms with Crippen molar-refractivity contribution in [2.24, 2.45) is 0 Å². The van der Waals surface area contributed by atoms with Gasteiger partial charge in [-0.15, -0.1) is 6.58 Å². The second-order valence-electron chi connectivity index (χ2n) is 3.79. The van der Waals surface area contributed by atoms with Crippen molar-refractivity contribution in [2.75, 3.05) is 13.7 Å². The number of rotatable bonds is 5. The fourth-order valence-corrected chi connectivity index (χ4v) is 1.82. The molecule has 0 aliphatic carbocycles. The summed E-state index contributed by atoms with van der Waals surface area (Å²) in [6.45, 7) is 5.96. The van der Waals surface area contributed by atoms with Crippen LogP contribution in [0.25, 0.3) is 0 Å². The highest BCUT2D eigenvalue weighted by atomic mass is 79.9. The molecule has 1 rings (SSSR count). The Hall–Kier alpha value is -1.13. The van der Waals surface area contributed by atoms with E-state index < -0.39 is 5.54 Å². The lowest BCUT2D eigenvalue weighted by Gasteiger charge is -2.28.